The van der Waals surface area contributed by atoms with E-state index in [2.05, 4.69) is 12.2 Å². The Morgan fingerprint density at radius 3 is 2.47 bits per heavy atom. The molecule has 0 bridgehead atoms. The number of carboxylic acids is 1. The van der Waals surface area contributed by atoms with Crippen molar-refractivity contribution in [1.82, 2.24) is 5.32 Å². The van der Waals surface area contributed by atoms with Gasteiger partial charge in [-0.1, -0.05) is 32.8 Å². The zero-order valence-electron chi connectivity index (χ0n) is 21.5. The lowest BCUT2D eigenvalue weighted by atomic mass is 9.66. The molecular formula is C28H37NO7. The number of ether oxygens (including phenoxy) is 1. The van der Waals surface area contributed by atoms with Crippen LogP contribution >= 0.6 is 0 Å². The van der Waals surface area contributed by atoms with E-state index in [-0.39, 0.29) is 35.5 Å². The molecule has 3 N–H and O–H groups in total. The molecule has 1 saturated heterocycles. The Kier molecular flexibility index (Phi) is 7.28. The van der Waals surface area contributed by atoms with Gasteiger partial charge in [0, 0.05) is 0 Å². The molecule has 0 aromatic rings. The SMILES string of the molecule is C/C=C/C(=O)C1(O)CC2CC(C(=O)O)CC(C)C2C1C1=C2C(=O)NC(=O)C2=C(CCCCC)C(C)O1. The molecule has 3 fully saturated rings. The Labute approximate surface area is 211 Å². The first-order valence-corrected chi connectivity index (χ1v) is 13.2. The van der Waals surface area contributed by atoms with Crippen LogP contribution in [0.1, 0.15) is 72.6 Å². The zero-order chi connectivity index (χ0) is 26.4. The van der Waals surface area contributed by atoms with Crippen LogP contribution in [0.25, 0.3) is 0 Å². The van der Waals surface area contributed by atoms with Crippen LogP contribution in [0.3, 0.4) is 0 Å². The number of amides is 2. The first kappa shape index (κ1) is 26.3. The lowest BCUT2D eigenvalue weighted by Crippen LogP contribution is -2.47. The van der Waals surface area contributed by atoms with Gasteiger partial charge in [0.1, 0.15) is 17.5 Å². The second-order valence-corrected chi connectivity index (χ2v) is 10.9. The molecule has 2 saturated carbocycles. The van der Waals surface area contributed by atoms with Crippen molar-refractivity contribution in [3.8, 4) is 0 Å². The molecule has 2 aliphatic heterocycles. The summed E-state index contributed by atoms with van der Waals surface area (Å²) in [7, 11) is 0. The third kappa shape index (κ3) is 4.23. The standard InChI is InChI=1S/C28H37NO7/c1-5-7-8-10-18-15(4)36-24(22-21(18)25(31)29-26(22)32)23-20-14(3)11-16(27(33)34)12-17(20)13-28(23,35)19(30)9-6-2/h6,9,14-17,20,23,35H,5,7-8,10-13H2,1-4H3,(H,33,34)(H,29,31,32)/b9-6+. The highest BCUT2D eigenvalue weighted by Crippen LogP contribution is 2.59. The van der Waals surface area contributed by atoms with E-state index in [0.29, 0.717) is 24.8 Å². The molecule has 7 atom stereocenters. The van der Waals surface area contributed by atoms with Crippen LogP contribution in [-0.2, 0) is 23.9 Å². The number of fused-ring (bicyclic) bond motifs is 2. The van der Waals surface area contributed by atoms with Crippen molar-refractivity contribution in [2.24, 2.45) is 29.6 Å². The number of rotatable bonds is 8. The van der Waals surface area contributed by atoms with Gasteiger partial charge >= 0.3 is 5.97 Å². The normalized spacial score (nSPS) is 36.1. The fourth-order valence-corrected chi connectivity index (χ4v) is 7.14. The summed E-state index contributed by atoms with van der Waals surface area (Å²) in [5, 5.41) is 24.1. The Morgan fingerprint density at radius 1 is 1.14 bits per heavy atom. The van der Waals surface area contributed by atoms with Crippen molar-refractivity contribution in [3.05, 3.63) is 34.6 Å². The molecule has 0 aromatic carbocycles. The van der Waals surface area contributed by atoms with Crippen molar-refractivity contribution < 1.29 is 34.1 Å². The molecule has 8 nitrogen and oxygen atoms in total. The topological polar surface area (TPSA) is 130 Å². The quantitative estimate of drug-likeness (QED) is 0.265. The van der Waals surface area contributed by atoms with Gasteiger partial charge in [-0.3, -0.25) is 24.5 Å². The zero-order valence-corrected chi connectivity index (χ0v) is 21.5. The average molecular weight is 500 g/mol. The van der Waals surface area contributed by atoms with Crippen LogP contribution in [-0.4, -0.2) is 45.5 Å². The molecule has 2 heterocycles. The van der Waals surface area contributed by atoms with E-state index in [1.54, 1.807) is 13.0 Å². The van der Waals surface area contributed by atoms with Crippen LogP contribution in [0.15, 0.2) is 34.6 Å². The minimum absolute atomic E-state index is 0.0894. The number of aliphatic hydroxyl groups is 1. The molecular weight excluding hydrogens is 462 g/mol. The van der Waals surface area contributed by atoms with E-state index in [4.69, 9.17) is 4.74 Å². The molecule has 7 unspecified atom stereocenters. The van der Waals surface area contributed by atoms with Crippen molar-refractivity contribution in [1.29, 1.82) is 0 Å². The van der Waals surface area contributed by atoms with Gasteiger partial charge in [-0.05, 0) is 75.4 Å². The summed E-state index contributed by atoms with van der Waals surface area (Å²) in [5.74, 6) is -4.22. The number of carbonyl (C=O) groups excluding carboxylic acids is 3. The Balaban J connectivity index is 1.87. The summed E-state index contributed by atoms with van der Waals surface area (Å²) in [6, 6.07) is 0. The van der Waals surface area contributed by atoms with Gasteiger partial charge in [-0.2, -0.15) is 0 Å². The number of carbonyl (C=O) groups is 4. The number of allylic oxidation sites excluding steroid dienone is 1. The summed E-state index contributed by atoms with van der Waals surface area (Å²) in [4.78, 5) is 51.2. The molecule has 36 heavy (non-hydrogen) atoms. The van der Waals surface area contributed by atoms with Crippen molar-refractivity contribution in [2.45, 2.75) is 84.3 Å². The summed E-state index contributed by atoms with van der Waals surface area (Å²) in [5.41, 5.74) is -0.635. The molecule has 0 spiro atoms. The number of imide groups is 1. The number of hydrogen-bond acceptors (Lipinski definition) is 6. The van der Waals surface area contributed by atoms with Crippen LogP contribution < -0.4 is 5.32 Å². The van der Waals surface area contributed by atoms with Crippen LogP contribution in [0.5, 0.6) is 0 Å². The number of ketones is 1. The van der Waals surface area contributed by atoms with Crippen molar-refractivity contribution in [3.63, 3.8) is 0 Å². The highest BCUT2D eigenvalue weighted by molar-refractivity contribution is 6.25. The molecule has 4 rings (SSSR count). The van der Waals surface area contributed by atoms with Gasteiger partial charge in [0.05, 0.1) is 23.0 Å². The van der Waals surface area contributed by atoms with E-state index in [1.807, 2.05) is 13.8 Å². The molecule has 0 radical (unpaired) electrons. The van der Waals surface area contributed by atoms with Crippen LogP contribution in [0, 0.1) is 29.6 Å². The summed E-state index contributed by atoms with van der Waals surface area (Å²) in [6.45, 7) is 7.56. The van der Waals surface area contributed by atoms with Crippen molar-refractivity contribution in [2.75, 3.05) is 0 Å². The second-order valence-electron chi connectivity index (χ2n) is 10.9. The van der Waals surface area contributed by atoms with Gasteiger partial charge in [0.15, 0.2) is 5.78 Å². The van der Waals surface area contributed by atoms with Gasteiger partial charge in [0.2, 0.25) is 0 Å². The number of aliphatic carboxylic acids is 1. The van der Waals surface area contributed by atoms with E-state index in [0.717, 1.165) is 24.8 Å². The summed E-state index contributed by atoms with van der Waals surface area (Å²) in [6.07, 6.45) is 6.73. The third-order valence-electron chi connectivity index (χ3n) is 8.64. The van der Waals surface area contributed by atoms with E-state index >= 15 is 0 Å². The predicted octanol–water partition coefficient (Wildman–Crippen LogP) is 3.45. The van der Waals surface area contributed by atoms with E-state index < -0.39 is 47.1 Å². The first-order chi connectivity index (χ1) is 17.0. The maximum absolute atomic E-state index is 13.3. The third-order valence-corrected chi connectivity index (χ3v) is 8.64. The molecule has 0 aromatic heterocycles. The Bertz CT molecular complexity index is 1070. The maximum Gasteiger partial charge on any atom is 0.306 e. The molecule has 196 valence electrons. The lowest BCUT2D eigenvalue weighted by Gasteiger charge is -2.41. The number of unbranched alkanes of at least 4 members (excludes halogenated alkanes) is 2. The number of carboxylic acid groups (broad SMARTS) is 1. The fourth-order valence-electron chi connectivity index (χ4n) is 7.14. The first-order valence-electron chi connectivity index (χ1n) is 13.2. The highest BCUT2D eigenvalue weighted by atomic mass is 16.5. The number of hydrogen-bond donors (Lipinski definition) is 3. The molecule has 2 amide bonds. The van der Waals surface area contributed by atoms with E-state index in [1.165, 1.54) is 6.08 Å². The Morgan fingerprint density at radius 2 is 1.83 bits per heavy atom. The van der Waals surface area contributed by atoms with Crippen LogP contribution in [0.4, 0.5) is 0 Å². The molecule has 4 aliphatic rings. The average Bonchev–Trinajstić information content (AvgIpc) is 3.29. The van der Waals surface area contributed by atoms with Crippen molar-refractivity contribution >= 4 is 23.6 Å². The second kappa shape index (κ2) is 9.96. The van der Waals surface area contributed by atoms with E-state index in [9.17, 15) is 29.4 Å². The summed E-state index contributed by atoms with van der Waals surface area (Å²) >= 11 is 0. The minimum Gasteiger partial charge on any atom is -0.489 e. The summed E-state index contributed by atoms with van der Waals surface area (Å²) < 4.78 is 6.40. The van der Waals surface area contributed by atoms with Gasteiger partial charge in [0.25, 0.3) is 11.8 Å². The molecule has 8 heteroatoms. The highest BCUT2D eigenvalue weighted by Gasteiger charge is 2.63. The minimum atomic E-state index is -1.86. The maximum atomic E-state index is 13.3. The van der Waals surface area contributed by atoms with Gasteiger partial charge < -0.3 is 14.9 Å². The smallest absolute Gasteiger partial charge is 0.306 e. The van der Waals surface area contributed by atoms with Gasteiger partial charge in [-0.25, -0.2) is 0 Å². The van der Waals surface area contributed by atoms with Crippen LogP contribution in [0.2, 0.25) is 0 Å². The largest absolute Gasteiger partial charge is 0.489 e. The fraction of sp³-hybridized carbons (Fsp3) is 0.643. The Hall–Kier alpha value is -2.74. The molecule has 2 aliphatic carbocycles. The van der Waals surface area contributed by atoms with Gasteiger partial charge in [-0.15, -0.1) is 0 Å². The number of nitrogens with one attached hydrogen (secondary N) is 1. The lowest BCUT2D eigenvalue weighted by molar-refractivity contribution is -0.145. The monoisotopic (exact) mass is 499 g/mol. The predicted molar refractivity (Wildman–Crippen MR) is 131 cm³/mol.